The molecule has 0 saturated heterocycles. The molecule has 2 aromatic heterocycles. The summed E-state index contributed by atoms with van der Waals surface area (Å²) >= 11 is 0. The van der Waals surface area contributed by atoms with E-state index in [0.717, 1.165) is 0 Å². The summed E-state index contributed by atoms with van der Waals surface area (Å²) in [4.78, 5) is 20.9. The van der Waals surface area contributed by atoms with Crippen molar-refractivity contribution in [3.05, 3.63) is 58.5 Å². The van der Waals surface area contributed by atoms with Crippen LogP contribution in [0.15, 0.2) is 57.4 Å². The van der Waals surface area contributed by atoms with Gasteiger partial charge in [-0.1, -0.05) is 25.1 Å². The number of rotatable bonds is 5. The SMILES string of the molecule is CCS(=O)(=O)c1ccccc1Cn1c(=O)ccc2cnc(S(C)=O)nc21. The summed E-state index contributed by atoms with van der Waals surface area (Å²) in [6.07, 6.45) is 2.96. The Hall–Kier alpha value is -2.39. The van der Waals surface area contributed by atoms with Gasteiger partial charge in [0.2, 0.25) is 5.16 Å². The highest BCUT2D eigenvalue weighted by Gasteiger charge is 2.17. The van der Waals surface area contributed by atoms with E-state index in [1.165, 1.54) is 29.2 Å². The molecule has 1 aromatic carbocycles. The molecule has 9 heteroatoms. The summed E-state index contributed by atoms with van der Waals surface area (Å²) < 4.78 is 37.8. The molecule has 0 aliphatic carbocycles. The summed E-state index contributed by atoms with van der Waals surface area (Å²) in [7, 11) is -4.83. The molecule has 3 aromatic rings. The Morgan fingerprint density at radius 3 is 2.58 bits per heavy atom. The third-order valence-corrected chi connectivity index (χ3v) is 6.51. The summed E-state index contributed by atoms with van der Waals surface area (Å²) in [5.41, 5.74) is 0.496. The molecule has 0 bridgehead atoms. The summed E-state index contributed by atoms with van der Waals surface area (Å²) in [6, 6.07) is 9.55. The fourth-order valence-corrected chi connectivity index (χ4v) is 4.16. The summed E-state index contributed by atoms with van der Waals surface area (Å²) in [6.45, 7) is 1.62. The Kier molecular flexibility index (Phi) is 5.01. The number of nitrogens with zero attached hydrogens (tertiary/aromatic N) is 3. The molecule has 0 N–H and O–H groups in total. The molecule has 0 aliphatic rings. The minimum absolute atomic E-state index is 0.0322. The van der Waals surface area contributed by atoms with Gasteiger partial charge in [-0.25, -0.2) is 18.4 Å². The standard InChI is InChI=1S/C17H17N3O4S2/c1-3-26(23,24)14-7-5-4-6-13(14)11-20-15(21)9-8-12-10-18-17(25(2)22)19-16(12)20/h4-10H,3,11H2,1-2H3. The molecule has 0 fully saturated rings. The largest absolute Gasteiger partial charge is 0.288 e. The van der Waals surface area contributed by atoms with E-state index in [9.17, 15) is 17.4 Å². The van der Waals surface area contributed by atoms with Crippen molar-refractivity contribution >= 4 is 31.7 Å². The van der Waals surface area contributed by atoms with Crippen LogP contribution in [-0.4, -0.2) is 39.2 Å². The molecule has 1 unspecified atom stereocenters. The van der Waals surface area contributed by atoms with Crippen molar-refractivity contribution in [2.45, 2.75) is 23.5 Å². The number of pyridine rings is 1. The quantitative estimate of drug-likeness (QED) is 0.609. The number of benzene rings is 1. The second kappa shape index (κ2) is 7.08. The van der Waals surface area contributed by atoms with Crippen molar-refractivity contribution in [3.8, 4) is 0 Å². The number of aromatic nitrogens is 3. The third-order valence-electron chi connectivity index (χ3n) is 3.97. The van der Waals surface area contributed by atoms with Crippen LogP contribution in [-0.2, 0) is 27.2 Å². The van der Waals surface area contributed by atoms with E-state index in [0.29, 0.717) is 16.6 Å². The van der Waals surface area contributed by atoms with Crippen molar-refractivity contribution in [2.24, 2.45) is 0 Å². The van der Waals surface area contributed by atoms with Gasteiger partial charge in [-0.15, -0.1) is 0 Å². The lowest BCUT2D eigenvalue weighted by molar-refractivity contribution is 0.595. The highest BCUT2D eigenvalue weighted by Crippen LogP contribution is 2.19. The minimum Gasteiger partial charge on any atom is -0.288 e. The van der Waals surface area contributed by atoms with Crippen LogP contribution in [0.3, 0.4) is 0 Å². The van der Waals surface area contributed by atoms with Gasteiger partial charge in [0.1, 0.15) is 5.65 Å². The fourth-order valence-electron chi connectivity index (χ4n) is 2.61. The lowest BCUT2D eigenvalue weighted by atomic mass is 10.2. The van der Waals surface area contributed by atoms with Gasteiger partial charge < -0.3 is 0 Å². The Morgan fingerprint density at radius 1 is 1.15 bits per heavy atom. The summed E-state index contributed by atoms with van der Waals surface area (Å²) in [5, 5.41) is 0.723. The van der Waals surface area contributed by atoms with Crippen molar-refractivity contribution < 1.29 is 12.6 Å². The van der Waals surface area contributed by atoms with Crippen LogP contribution in [0, 0.1) is 0 Å². The van der Waals surface area contributed by atoms with Crippen LogP contribution >= 0.6 is 0 Å². The smallest absolute Gasteiger partial charge is 0.252 e. The first-order valence-corrected chi connectivity index (χ1v) is 11.0. The highest BCUT2D eigenvalue weighted by molar-refractivity contribution is 7.91. The Bertz CT molecular complexity index is 1170. The molecule has 3 rings (SSSR count). The van der Waals surface area contributed by atoms with E-state index in [2.05, 4.69) is 9.97 Å². The van der Waals surface area contributed by atoms with E-state index in [1.54, 1.807) is 31.2 Å². The van der Waals surface area contributed by atoms with E-state index >= 15 is 0 Å². The average molecular weight is 391 g/mol. The Labute approximate surface area is 153 Å². The van der Waals surface area contributed by atoms with E-state index in [4.69, 9.17) is 0 Å². The first kappa shape index (κ1) is 18.4. The van der Waals surface area contributed by atoms with Gasteiger partial charge in [-0.05, 0) is 17.7 Å². The van der Waals surface area contributed by atoms with Gasteiger partial charge in [0.15, 0.2) is 9.84 Å². The molecule has 0 spiro atoms. The zero-order valence-corrected chi connectivity index (χ0v) is 15.9. The molecule has 1 atom stereocenters. The van der Waals surface area contributed by atoms with Crippen LogP contribution in [0.2, 0.25) is 0 Å². The Morgan fingerprint density at radius 2 is 1.88 bits per heavy atom. The van der Waals surface area contributed by atoms with Crippen LogP contribution < -0.4 is 5.56 Å². The van der Waals surface area contributed by atoms with Gasteiger partial charge in [0, 0.05) is 23.9 Å². The maximum atomic E-state index is 12.4. The van der Waals surface area contributed by atoms with Crippen molar-refractivity contribution in [3.63, 3.8) is 0 Å². The highest BCUT2D eigenvalue weighted by atomic mass is 32.2. The van der Waals surface area contributed by atoms with Crippen LogP contribution in [0.5, 0.6) is 0 Å². The molecule has 26 heavy (non-hydrogen) atoms. The first-order chi connectivity index (χ1) is 12.3. The number of sulfone groups is 1. The normalized spacial score (nSPS) is 13.0. The van der Waals surface area contributed by atoms with E-state index in [-0.39, 0.29) is 27.9 Å². The van der Waals surface area contributed by atoms with Gasteiger partial charge in [-0.3, -0.25) is 13.6 Å². The fraction of sp³-hybridized carbons (Fsp3) is 0.235. The second-order valence-electron chi connectivity index (χ2n) is 5.65. The van der Waals surface area contributed by atoms with E-state index < -0.39 is 20.6 Å². The number of hydrogen-bond donors (Lipinski definition) is 0. The van der Waals surface area contributed by atoms with Crippen molar-refractivity contribution in [1.29, 1.82) is 0 Å². The lowest BCUT2D eigenvalue weighted by Crippen LogP contribution is -2.22. The van der Waals surface area contributed by atoms with Gasteiger partial charge >= 0.3 is 0 Å². The topological polar surface area (TPSA) is 99.0 Å². The Balaban J connectivity index is 2.22. The van der Waals surface area contributed by atoms with Crippen LogP contribution in [0.1, 0.15) is 12.5 Å². The van der Waals surface area contributed by atoms with Gasteiger partial charge in [-0.2, -0.15) is 0 Å². The molecular formula is C17H17N3O4S2. The molecule has 136 valence electrons. The van der Waals surface area contributed by atoms with Crippen molar-refractivity contribution in [2.75, 3.05) is 12.0 Å². The van der Waals surface area contributed by atoms with Crippen LogP contribution in [0.4, 0.5) is 0 Å². The maximum Gasteiger partial charge on any atom is 0.252 e. The van der Waals surface area contributed by atoms with E-state index in [1.807, 2.05) is 0 Å². The molecule has 0 amide bonds. The molecular weight excluding hydrogens is 374 g/mol. The van der Waals surface area contributed by atoms with Crippen molar-refractivity contribution in [1.82, 2.24) is 14.5 Å². The predicted molar refractivity (Wildman–Crippen MR) is 99.4 cm³/mol. The molecule has 0 aliphatic heterocycles. The molecule has 0 radical (unpaired) electrons. The minimum atomic E-state index is -3.43. The van der Waals surface area contributed by atoms with Gasteiger partial charge in [0.05, 0.1) is 28.0 Å². The maximum absolute atomic E-state index is 12.4. The average Bonchev–Trinajstić information content (AvgIpc) is 2.64. The lowest BCUT2D eigenvalue weighted by Gasteiger charge is -2.13. The predicted octanol–water partition coefficient (Wildman–Crippen LogP) is 1.37. The molecule has 0 saturated carbocycles. The molecule has 7 nitrogen and oxygen atoms in total. The second-order valence-corrected chi connectivity index (χ2v) is 9.17. The zero-order chi connectivity index (χ0) is 18.9. The number of hydrogen-bond acceptors (Lipinski definition) is 6. The monoisotopic (exact) mass is 391 g/mol. The van der Waals surface area contributed by atoms with Gasteiger partial charge in [0.25, 0.3) is 5.56 Å². The molecule has 2 heterocycles. The summed E-state index contributed by atoms with van der Waals surface area (Å²) in [5.74, 6) is -0.0322. The zero-order valence-electron chi connectivity index (χ0n) is 14.2. The number of fused-ring (bicyclic) bond motifs is 1. The third kappa shape index (κ3) is 3.45. The first-order valence-electron chi connectivity index (χ1n) is 7.84. The van der Waals surface area contributed by atoms with Crippen LogP contribution in [0.25, 0.3) is 11.0 Å².